The maximum Gasteiger partial charge on any atom is 0.254 e. The molecule has 1 N–H and O–H groups in total. The van der Waals surface area contributed by atoms with Crippen LogP contribution in [0, 0.1) is 6.92 Å². The van der Waals surface area contributed by atoms with Gasteiger partial charge in [0.05, 0.1) is 13.2 Å². The van der Waals surface area contributed by atoms with E-state index in [4.69, 9.17) is 4.74 Å². The zero-order valence-electron chi connectivity index (χ0n) is 11.9. The van der Waals surface area contributed by atoms with Gasteiger partial charge in [-0.2, -0.15) is 14.6 Å². The van der Waals surface area contributed by atoms with Crippen molar-refractivity contribution in [3.05, 3.63) is 18.1 Å². The second-order valence-corrected chi connectivity index (χ2v) is 4.92. The first-order valence-electron chi connectivity index (χ1n) is 7.01. The Hall–Kier alpha value is -2.22. The number of rotatable bonds is 4. The Morgan fingerprint density at radius 2 is 2.24 bits per heavy atom. The second-order valence-electron chi connectivity index (χ2n) is 4.92. The van der Waals surface area contributed by atoms with Gasteiger partial charge in [0.2, 0.25) is 5.91 Å². The molecule has 0 bridgehead atoms. The van der Waals surface area contributed by atoms with Gasteiger partial charge >= 0.3 is 0 Å². The first kappa shape index (κ1) is 13.7. The van der Waals surface area contributed by atoms with Crippen LogP contribution in [0.25, 0.3) is 5.78 Å². The van der Waals surface area contributed by atoms with Gasteiger partial charge in [-0.3, -0.25) is 4.79 Å². The van der Waals surface area contributed by atoms with Crippen molar-refractivity contribution in [3.8, 4) is 0 Å². The molecule has 0 spiro atoms. The number of amides is 1. The van der Waals surface area contributed by atoms with Crippen molar-refractivity contribution in [1.82, 2.24) is 24.5 Å². The zero-order chi connectivity index (χ0) is 14.7. The largest absolute Gasteiger partial charge is 0.378 e. The van der Waals surface area contributed by atoms with Crippen LogP contribution in [0.2, 0.25) is 0 Å². The number of fused-ring (bicyclic) bond motifs is 1. The highest BCUT2D eigenvalue weighted by Gasteiger charge is 2.16. The predicted molar refractivity (Wildman–Crippen MR) is 76.0 cm³/mol. The quantitative estimate of drug-likeness (QED) is 0.859. The van der Waals surface area contributed by atoms with E-state index in [-0.39, 0.29) is 5.91 Å². The Labute approximate surface area is 122 Å². The first-order chi connectivity index (χ1) is 10.2. The summed E-state index contributed by atoms with van der Waals surface area (Å²) in [6, 6.07) is 1.89. The Kier molecular flexibility index (Phi) is 3.96. The summed E-state index contributed by atoms with van der Waals surface area (Å²) in [5.41, 5.74) is 0.859. The number of carbonyl (C=O) groups excluding carboxylic acids is 1. The summed E-state index contributed by atoms with van der Waals surface area (Å²) < 4.78 is 6.87. The molecular weight excluding hydrogens is 272 g/mol. The average Bonchev–Trinajstić information content (AvgIpc) is 2.96. The van der Waals surface area contributed by atoms with Gasteiger partial charge in [0.1, 0.15) is 12.1 Å². The van der Waals surface area contributed by atoms with Gasteiger partial charge in [0, 0.05) is 37.8 Å². The van der Waals surface area contributed by atoms with Crippen LogP contribution in [-0.4, -0.2) is 63.2 Å². The highest BCUT2D eigenvalue weighted by atomic mass is 16.5. The topological polar surface area (TPSA) is 84.7 Å². The molecule has 3 heterocycles. The third-order valence-electron chi connectivity index (χ3n) is 3.39. The van der Waals surface area contributed by atoms with Gasteiger partial charge in [-0.15, -0.1) is 0 Å². The molecule has 1 aliphatic rings. The van der Waals surface area contributed by atoms with E-state index < -0.39 is 0 Å². The number of hydrogen-bond donors (Lipinski definition) is 1. The van der Waals surface area contributed by atoms with Crippen LogP contribution < -0.4 is 5.32 Å². The summed E-state index contributed by atoms with van der Waals surface area (Å²) in [6.07, 6.45) is 1.91. The number of hydrogen-bond acceptors (Lipinski definition) is 6. The third kappa shape index (κ3) is 3.10. The van der Waals surface area contributed by atoms with Crippen molar-refractivity contribution >= 4 is 17.5 Å². The molecule has 0 aromatic carbocycles. The number of carbonyl (C=O) groups is 1. The molecule has 3 rings (SSSR count). The summed E-state index contributed by atoms with van der Waals surface area (Å²) in [4.78, 5) is 22.2. The number of anilines is 1. The van der Waals surface area contributed by atoms with Gasteiger partial charge in [0.25, 0.3) is 5.78 Å². The monoisotopic (exact) mass is 290 g/mol. The van der Waals surface area contributed by atoms with Gasteiger partial charge in [0.15, 0.2) is 0 Å². The molecule has 8 nitrogen and oxygen atoms in total. The molecule has 0 radical (unpaired) electrons. The fourth-order valence-corrected chi connectivity index (χ4v) is 2.32. The minimum Gasteiger partial charge on any atom is -0.378 e. The van der Waals surface area contributed by atoms with Crippen molar-refractivity contribution in [3.63, 3.8) is 0 Å². The molecule has 0 saturated carbocycles. The van der Waals surface area contributed by atoms with Gasteiger partial charge in [-0.1, -0.05) is 0 Å². The smallest absolute Gasteiger partial charge is 0.254 e. The van der Waals surface area contributed by atoms with E-state index in [1.54, 1.807) is 4.52 Å². The first-order valence-corrected chi connectivity index (χ1v) is 7.01. The molecule has 112 valence electrons. The van der Waals surface area contributed by atoms with Crippen molar-refractivity contribution < 1.29 is 9.53 Å². The highest BCUT2D eigenvalue weighted by molar-refractivity contribution is 5.76. The van der Waals surface area contributed by atoms with Crippen molar-refractivity contribution in [2.24, 2.45) is 0 Å². The Morgan fingerprint density at radius 3 is 3.05 bits per heavy atom. The van der Waals surface area contributed by atoms with Crippen molar-refractivity contribution in [1.29, 1.82) is 0 Å². The Balaban J connectivity index is 1.59. The molecule has 0 atom stereocenters. The van der Waals surface area contributed by atoms with E-state index >= 15 is 0 Å². The van der Waals surface area contributed by atoms with Crippen LogP contribution in [0.15, 0.2) is 12.4 Å². The summed E-state index contributed by atoms with van der Waals surface area (Å²) >= 11 is 0. The number of ether oxygens (including phenoxy) is 1. The lowest BCUT2D eigenvalue weighted by molar-refractivity contribution is -0.134. The summed E-state index contributed by atoms with van der Waals surface area (Å²) in [5.74, 6) is 1.49. The molecule has 1 saturated heterocycles. The van der Waals surface area contributed by atoms with Crippen molar-refractivity contribution in [2.45, 2.75) is 13.3 Å². The molecule has 1 fully saturated rings. The molecule has 0 aliphatic carbocycles. The maximum atomic E-state index is 12.1. The van der Waals surface area contributed by atoms with Gasteiger partial charge < -0.3 is 15.0 Å². The average molecular weight is 290 g/mol. The molecular formula is C13H18N6O2. The maximum absolute atomic E-state index is 12.1. The van der Waals surface area contributed by atoms with Crippen LogP contribution in [0.5, 0.6) is 0 Å². The third-order valence-corrected chi connectivity index (χ3v) is 3.39. The van der Waals surface area contributed by atoms with E-state index in [1.807, 2.05) is 17.9 Å². The number of nitrogens with zero attached hydrogens (tertiary/aromatic N) is 5. The van der Waals surface area contributed by atoms with Crippen molar-refractivity contribution in [2.75, 3.05) is 38.2 Å². The molecule has 1 amide bonds. The number of morpholine rings is 1. The zero-order valence-corrected chi connectivity index (χ0v) is 11.9. The minimum atomic E-state index is 0.145. The lowest BCUT2D eigenvalue weighted by Crippen LogP contribution is -2.41. The van der Waals surface area contributed by atoms with E-state index in [0.29, 0.717) is 45.0 Å². The van der Waals surface area contributed by atoms with Crippen LogP contribution >= 0.6 is 0 Å². The van der Waals surface area contributed by atoms with Crippen LogP contribution in [-0.2, 0) is 9.53 Å². The number of aromatic nitrogens is 4. The summed E-state index contributed by atoms with van der Waals surface area (Å²) in [6.45, 7) is 5.07. The normalized spacial score (nSPS) is 15.4. The van der Waals surface area contributed by atoms with E-state index in [9.17, 15) is 4.79 Å². The molecule has 1 aliphatic heterocycles. The predicted octanol–water partition coefficient (Wildman–Crippen LogP) is 0.0935. The minimum absolute atomic E-state index is 0.145. The fraction of sp³-hybridized carbons (Fsp3) is 0.538. The number of aryl methyl sites for hydroxylation is 1. The standard InChI is InChI=1S/C13H18N6O2/c1-10-8-11(19-13(17-10)15-9-16-19)14-3-2-12(20)18-4-6-21-7-5-18/h8-9,14H,2-7H2,1H3. The molecule has 2 aromatic rings. The van der Waals surface area contributed by atoms with Gasteiger partial charge in [-0.05, 0) is 6.92 Å². The molecule has 2 aromatic heterocycles. The lowest BCUT2D eigenvalue weighted by Gasteiger charge is -2.26. The number of nitrogens with one attached hydrogen (secondary N) is 1. The summed E-state index contributed by atoms with van der Waals surface area (Å²) in [7, 11) is 0. The SMILES string of the molecule is Cc1cc(NCCC(=O)N2CCOCC2)n2ncnc2n1. The van der Waals surface area contributed by atoms with E-state index in [1.165, 1.54) is 6.33 Å². The lowest BCUT2D eigenvalue weighted by atomic mass is 10.3. The van der Waals surface area contributed by atoms with E-state index in [2.05, 4.69) is 20.4 Å². The second kappa shape index (κ2) is 6.04. The fourth-order valence-electron chi connectivity index (χ4n) is 2.32. The van der Waals surface area contributed by atoms with Crippen LogP contribution in [0.1, 0.15) is 12.1 Å². The molecule has 0 unspecified atom stereocenters. The molecule has 8 heteroatoms. The Bertz CT molecular complexity index is 635. The van der Waals surface area contributed by atoms with Crippen LogP contribution in [0.3, 0.4) is 0 Å². The highest BCUT2D eigenvalue weighted by Crippen LogP contribution is 2.10. The summed E-state index contributed by atoms with van der Waals surface area (Å²) in [5, 5.41) is 7.34. The Morgan fingerprint density at radius 1 is 1.43 bits per heavy atom. The van der Waals surface area contributed by atoms with E-state index in [0.717, 1.165) is 11.5 Å². The van der Waals surface area contributed by atoms with Crippen LogP contribution in [0.4, 0.5) is 5.82 Å². The van der Waals surface area contributed by atoms with Gasteiger partial charge in [-0.25, -0.2) is 4.98 Å². The molecule has 21 heavy (non-hydrogen) atoms.